The Morgan fingerprint density at radius 1 is 1.28 bits per heavy atom. The Kier molecular flexibility index (Phi) is 5.67. The molecule has 2 nitrogen and oxygen atoms in total. The largest absolute Gasteiger partial charge is 0.508 e. The molecule has 0 saturated heterocycles. The van der Waals surface area contributed by atoms with Crippen molar-refractivity contribution in [1.82, 2.24) is 5.32 Å². The first-order chi connectivity index (χ1) is 8.40. The molecule has 0 radical (unpaired) electrons. The third-order valence-corrected chi connectivity index (χ3v) is 2.93. The maximum absolute atomic E-state index is 9.51. The van der Waals surface area contributed by atoms with Gasteiger partial charge in [0.25, 0.3) is 0 Å². The molecule has 0 heterocycles. The molecule has 1 aromatic rings. The third-order valence-electron chi connectivity index (χ3n) is 2.93. The van der Waals surface area contributed by atoms with E-state index < -0.39 is 0 Å². The van der Waals surface area contributed by atoms with Crippen LogP contribution in [-0.2, 0) is 6.42 Å². The molecule has 18 heavy (non-hydrogen) atoms. The Hall–Kier alpha value is -1.02. The number of phenolic OH excluding ortho intramolecular Hbond substituents is 1. The lowest BCUT2D eigenvalue weighted by Crippen LogP contribution is -2.35. The van der Waals surface area contributed by atoms with E-state index in [0.717, 1.165) is 25.8 Å². The summed E-state index contributed by atoms with van der Waals surface area (Å²) >= 11 is 0. The molecular weight excluding hydrogens is 222 g/mol. The van der Waals surface area contributed by atoms with Crippen molar-refractivity contribution >= 4 is 0 Å². The Morgan fingerprint density at radius 2 is 2.00 bits per heavy atom. The van der Waals surface area contributed by atoms with E-state index in [1.165, 1.54) is 5.56 Å². The molecule has 0 aliphatic heterocycles. The lowest BCUT2D eigenvalue weighted by atomic mass is 9.86. The monoisotopic (exact) mass is 249 g/mol. The van der Waals surface area contributed by atoms with Gasteiger partial charge in [-0.3, -0.25) is 0 Å². The second-order valence-electron chi connectivity index (χ2n) is 6.29. The number of hydrogen-bond donors (Lipinski definition) is 2. The van der Waals surface area contributed by atoms with Crippen molar-refractivity contribution in [2.75, 3.05) is 6.54 Å². The average molecular weight is 249 g/mol. The number of hydrogen-bond acceptors (Lipinski definition) is 2. The molecule has 2 N–H and O–H groups in total. The second kappa shape index (κ2) is 6.79. The van der Waals surface area contributed by atoms with Crippen molar-refractivity contribution in [2.45, 2.75) is 53.0 Å². The first-order valence-electron chi connectivity index (χ1n) is 6.92. The van der Waals surface area contributed by atoms with E-state index in [4.69, 9.17) is 0 Å². The number of nitrogens with one attached hydrogen (secondary N) is 1. The lowest BCUT2D eigenvalue weighted by Gasteiger charge is -2.27. The number of rotatable bonds is 6. The Bertz CT molecular complexity index is 354. The summed E-state index contributed by atoms with van der Waals surface area (Å²) in [6.07, 6.45) is 3.27. The van der Waals surface area contributed by atoms with Crippen LogP contribution in [0.5, 0.6) is 5.75 Å². The van der Waals surface area contributed by atoms with Gasteiger partial charge in [-0.05, 0) is 48.9 Å². The number of phenols is 1. The second-order valence-corrected chi connectivity index (χ2v) is 6.29. The molecule has 0 spiro atoms. The van der Waals surface area contributed by atoms with E-state index in [1.54, 1.807) is 6.07 Å². The highest BCUT2D eigenvalue weighted by atomic mass is 16.3. The van der Waals surface area contributed by atoms with Gasteiger partial charge in [-0.2, -0.15) is 0 Å². The van der Waals surface area contributed by atoms with Gasteiger partial charge in [-0.25, -0.2) is 0 Å². The van der Waals surface area contributed by atoms with Gasteiger partial charge < -0.3 is 10.4 Å². The molecule has 0 aliphatic rings. The van der Waals surface area contributed by atoms with Crippen LogP contribution in [0.15, 0.2) is 24.3 Å². The summed E-state index contributed by atoms with van der Waals surface area (Å²) in [6, 6.07) is 8.07. The SMILES string of the molecule is CCCNC(Cc1cccc(O)c1)CC(C)(C)C. The molecule has 1 unspecified atom stereocenters. The standard InChI is InChI=1S/C16H27NO/c1-5-9-17-14(12-16(2,3)4)10-13-7-6-8-15(18)11-13/h6-8,11,14,17-18H,5,9-10,12H2,1-4H3. The Balaban J connectivity index is 2.65. The highest BCUT2D eigenvalue weighted by molar-refractivity contribution is 5.27. The molecule has 0 aromatic heterocycles. The highest BCUT2D eigenvalue weighted by Crippen LogP contribution is 2.23. The van der Waals surface area contributed by atoms with E-state index in [9.17, 15) is 5.11 Å². The van der Waals surface area contributed by atoms with Crippen LogP contribution in [0.3, 0.4) is 0 Å². The van der Waals surface area contributed by atoms with Crippen LogP contribution in [0.1, 0.15) is 46.1 Å². The summed E-state index contributed by atoms with van der Waals surface area (Å²) in [7, 11) is 0. The van der Waals surface area contributed by atoms with Gasteiger partial charge in [-0.1, -0.05) is 39.8 Å². The van der Waals surface area contributed by atoms with Crippen molar-refractivity contribution < 1.29 is 5.11 Å². The summed E-state index contributed by atoms with van der Waals surface area (Å²) in [6.45, 7) is 10.1. The first kappa shape index (κ1) is 15.0. The molecule has 1 rings (SSSR count). The molecule has 0 bridgehead atoms. The van der Waals surface area contributed by atoms with E-state index in [0.29, 0.717) is 17.2 Å². The highest BCUT2D eigenvalue weighted by Gasteiger charge is 2.18. The van der Waals surface area contributed by atoms with Gasteiger partial charge in [0.1, 0.15) is 5.75 Å². The summed E-state index contributed by atoms with van der Waals surface area (Å²) in [4.78, 5) is 0. The van der Waals surface area contributed by atoms with E-state index in [2.05, 4.69) is 39.1 Å². The fraction of sp³-hybridized carbons (Fsp3) is 0.625. The predicted molar refractivity (Wildman–Crippen MR) is 78.0 cm³/mol. The van der Waals surface area contributed by atoms with Crippen molar-refractivity contribution in [3.8, 4) is 5.75 Å². The Morgan fingerprint density at radius 3 is 2.56 bits per heavy atom. The van der Waals surface area contributed by atoms with Gasteiger partial charge in [0.15, 0.2) is 0 Å². The summed E-state index contributed by atoms with van der Waals surface area (Å²) in [5.74, 6) is 0.359. The number of benzene rings is 1. The molecule has 0 fully saturated rings. The minimum atomic E-state index is 0.322. The van der Waals surface area contributed by atoms with Gasteiger partial charge in [0.2, 0.25) is 0 Å². The molecule has 1 atom stereocenters. The van der Waals surface area contributed by atoms with Gasteiger partial charge in [0.05, 0.1) is 0 Å². The molecular formula is C16H27NO. The summed E-state index contributed by atoms with van der Waals surface area (Å²) in [5.41, 5.74) is 1.52. The van der Waals surface area contributed by atoms with Gasteiger partial charge in [-0.15, -0.1) is 0 Å². The average Bonchev–Trinajstić information content (AvgIpc) is 2.24. The first-order valence-corrected chi connectivity index (χ1v) is 6.92. The molecule has 102 valence electrons. The molecule has 0 saturated carbocycles. The molecule has 0 aliphatic carbocycles. The van der Waals surface area contributed by atoms with Crippen molar-refractivity contribution in [2.24, 2.45) is 5.41 Å². The zero-order chi connectivity index (χ0) is 13.6. The molecule has 2 heteroatoms. The molecule has 0 amide bonds. The lowest BCUT2D eigenvalue weighted by molar-refractivity contribution is 0.306. The van der Waals surface area contributed by atoms with Crippen LogP contribution < -0.4 is 5.32 Å². The van der Waals surface area contributed by atoms with Crippen molar-refractivity contribution in [1.29, 1.82) is 0 Å². The smallest absolute Gasteiger partial charge is 0.115 e. The fourth-order valence-corrected chi connectivity index (χ4v) is 2.27. The van der Waals surface area contributed by atoms with E-state index >= 15 is 0 Å². The maximum Gasteiger partial charge on any atom is 0.115 e. The van der Waals surface area contributed by atoms with Crippen LogP contribution in [0.25, 0.3) is 0 Å². The topological polar surface area (TPSA) is 32.3 Å². The number of aromatic hydroxyl groups is 1. The van der Waals surface area contributed by atoms with E-state index in [-0.39, 0.29) is 0 Å². The van der Waals surface area contributed by atoms with Gasteiger partial charge in [0, 0.05) is 6.04 Å². The predicted octanol–water partition coefficient (Wildman–Crippen LogP) is 3.74. The van der Waals surface area contributed by atoms with Crippen LogP contribution >= 0.6 is 0 Å². The van der Waals surface area contributed by atoms with Crippen LogP contribution in [0, 0.1) is 5.41 Å². The zero-order valence-electron chi connectivity index (χ0n) is 12.2. The minimum absolute atomic E-state index is 0.322. The zero-order valence-corrected chi connectivity index (χ0v) is 12.2. The quantitative estimate of drug-likeness (QED) is 0.805. The third kappa shape index (κ3) is 6.06. The van der Waals surface area contributed by atoms with Crippen LogP contribution in [0.4, 0.5) is 0 Å². The maximum atomic E-state index is 9.51. The van der Waals surface area contributed by atoms with E-state index in [1.807, 2.05) is 12.1 Å². The normalized spacial score (nSPS) is 13.6. The minimum Gasteiger partial charge on any atom is -0.508 e. The van der Waals surface area contributed by atoms with Crippen molar-refractivity contribution in [3.63, 3.8) is 0 Å². The Labute approximate surface area is 111 Å². The summed E-state index contributed by atoms with van der Waals surface area (Å²) in [5, 5.41) is 13.1. The van der Waals surface area contributed by atoms with Gasteiger partial charge >= 0.3 is 0 Å². The molecule has 1 aromatic carbocycles. The van der Waals surface area contributed by atoms with Crippen molar-refractivity contribution in [3.05, 3.63) is 29.8 Å². The van der Waals surface area contributed by atoms with Crippen LogP contribution in [-0.4, -0.2) is 17.7 Å². The fourth-order valence-electron chi connectivity index (χ4n) is 2.27. The van der Waals surface area contributed by atoms with Crippen LogP contribution in [0.2, 0.25) is 0 Å². The summed E-state index contributed by atoms with van der Waals surface area (Å²) < 4.78 is 0.